The van der Waals surface area contributed by atoms with Crippen molar-refractivity contribution < 1.29 is 19.3 Å². The summed E-state index contributed by atoms with van der Waals surface area (Å²) in [4.78, 5) is 0. The lowest BCUT2D eigenvalue weighted by Gasteiger charge is -2.29. The van der Waals surface area contributed by atoms with E-state index in [9.17, 15) is 4.39 Å². The SMILES string of the molecule is O[C@@H]1CC[C@H](O)O[C@H]1CF. The molecule has 1 heterocycles. The molecule has 0 amide bonds. The van der Waals surface area contributed by atoms with E-state index in [0.29, 0.717) is 12.8 Å². The summed E-state index contributed by atoms with van der Waals surface area (Å²) in [7, 11) is 0. The summed E-state index contributed by atoms with van der Waals surface area (Å²) in [5, 5.41) is 17.8. The number of halogens is 1. The molecule has 0 aromatic heterocycles. The zero-order chi connectivity index (χ0) is 7.56. The Kier molecular flexibility index (Phi) is 2.59. The fourth-order valence-electron chi connectivity index (χ4n) is 0.999. The van der Waals surface area contributed by atoms with Crippen molar-refractivity contribution in [3.63, 3.8) is 0 Å². The molecular weight excluding hydrogens is 139 g/mol. The van der Waals surface area contributed by atoms with E-state index in [-0.39, 0.29) is 0 Å². The minimum Gasteiger partial charge on any atom is -0.390 e. The quantitative estimate of drug-likeness (QED) is 0.545. The zero-order valence-corrected chi connectivity index (χ0v) is 5.53. The van der Waals surface area contributed by atoms with Gasteiger partial charge in [0.05, 0.1) is 6.10 Å². The van der Waals surface area contributed by atoms with Crippen molar-refractivity contribution in [1.29, 1.82) is 0 Å². The van der Waals surface area contributed by atoms with Gasteiger partial charge in [-0.1, -0.05) is 0 Å². The molecule has 3 atom stereocenters. The minimum atomic E-state index is -0.899. The van der Waals surface area contributed by atoms with Crippen LogP contribution in [0.4, 0.5) is 4.39 Å². The van der Waals surface area contributed by atoms with Gasteiger partial charge in [-0.3, -0.25) is 0 Å². The number of alkyl halides is 1. The Morgan fingerprint density at radius 2 is 2.10 bits per heavy atom. The third-order valence-electron chi connectivity index (χ3n) is 1.62. The molecule has 10 heavy (non-hydrogen) atoms. The molecule has 0 aromatic carbocycles. The maximum absolute atomic E-state index is 11.9. The molecule has 0 radical (unpaired) electrons. The Bertz CT molecular complexity index is 109. The van der Waals surface area contributed by atoms with Crippen molar-refractivity contribution in [1.82, 2.24) is 0 Å². The second kappa shape index (κ2) is 3.27. The van der Waals surface area contributed by atoms with Crippen LogP contribution in [0.2, 0.25) is 0 Å². The maximum Gasteiger partial charge on any atom is 0.155 e. The summed E-state index contributed by atoms with van der Waals surface area (Å²) in [5.74, 6) is 0. The van der Waals surface area contributed by atoms with Gasteiger partial charge in [-0.25, -0.2) is 4.39 Å². The van der Waals surface area contributed by atoms with E-state index in [1.54, 1.807) is 0 Å². The van der Waals surface area contributed by atoms with Gasteiger partial charge in [-0.05, 0) is 6.42 Å². The lowest BCUT2D eigenvalue weighted by atomic mass is 10.1. The Labute approximate surface area is 58.4 Å². The Morgan fingerprint density at radius 1 is 1.40 bits per heavy atom. The van der Waals surface area contributed by atoms with E-state index in [0.717, 1.165) is 0 Å². The molecule has 0 aromatic rings. The lowest BCUT2D eigenvalue weighted by molar-refractivity contribution is -0.202. The smallest absolute Gasteiger partial charge is 0.155 e. The van der Waals surface area contributed by atoms with Gasteiger partial charge in [-0.15, -0.1) is 0 Å². The molecule has 0 saturated carbocycles. The van der Waals surface area contributed by atoms with Crippen molar-refractivity contribution in [3.05, 3.63) is 0 Å². The summed E-state index contributed by atoms with van der Waals surface area (Å²) >= 11 is 0. The highest BCUT2D eigenvalue weighted by Crippen LogP contribution is 2.17. The third kappa shape index (κ3) is 1.65. The van der Waals surface area contributed by atoms with Crippen LogP contribution in [-0.2, 0) is 4.74 Å². The largest absolute Gasteiger partial charge is 0.390 e. The summed E-state index contributed by atoms with van der Waals surface area (Å²) in [6.07, 6.45) is -1.69. The average molecular weight is 150 g/mol. The Balaban J connectivity index is 2.38. The van der Waals surface area contributed by atoms with Crippen molar-refractivity contribution in [2.24, 2.45) is 0 Å². The molecule has 1 rings (SSSR count). The molecule has 0 spiro atoms. The minimum absolute atomic E-state index is 0.387. The third-order valence-corrected chi connectivity index (χ3v) is 1.62. The summed E-state index contributed by atoms with van der Waals surface area (Å²) in [6, 6.07) is 0. The molecule has 1 aliphatic heterocycles. The highest BCUT2D eigenvalue weighted by atomic mass is 19.1. The topological polar surface area (TPSA) is 49.7 Å². The monoisotopic (exact) mass is 150 g/mol. The van der Waals surface area contributed by atoms with Gasteiger partial charge in [0.2, 0.25) is 0 Å². The van der Waals surface area contributed by atoms with Crippen molar-refractivity contribution in [2.45, 2.75) is 31.3 Å². The number of aliphatic hydroxyl groups excluding tert-OH is 2. The van der Waals surface area contributed by atoms with Gasteiger partial charge in [0.25, 0.3) is 0 Å². The number of hydrogen-bond acceptors (Lipinski definition) is 3. The van der Waals surface area contributed by atoms with Gasteiger partial charge in [0.15, 0.2) is 6.29 Å². The molecule has 1 aliphatic rings. The van der Waals surface area contributed by atoms with Crippen LogP contribution in [-0.4, -0.2) is 35.4 Å². The molecule has 0 unspecified atom stereocenters. The highest BCUT2D eigenvalue weighted by Gasteiger charge is 2.28. The molecule has 3 nitrogen and oxygen atoms in total. The van der Waals surface area contributed by atoms with Gasteiger partial charge >= 0.3 is 0 Å². The van der Waals surface area contributed by atoms with Crippen LogP contribution in [0.25, 0.3) is 0 Å². The molecule has 2 N–H and O–H groups in total. The molecule has 0 bridgehead atoms. The maximum atomic E-state index is 11.9. The van der Waals surface area contributed by atoms with Gasteiger partial charge in [-0.2, -0.15) is 0 Å². The second-order valence-corrected chi connectivity index (χ2v) is 2.43. The number of aliphatic hydroxyl groups is 2. The fourth-order valence-corrected chi connectivity index (χ4v) is 0.999. The van der Waals surface area contributed by atoms with E-state index >= 15 is 0 Å². The molecular formula is C6H11FO3. The van der Waals surface area contributed by atoms with Crippen LogP contribution in [0.3, 0.4) is 0 Å². The van der Waals surface area contributed by atoms with E-state index in [1.165, 1.54) is 0 Å². The second-order valence-electron chi connectivity index (χ2n) is 2.43. The normalized spacial score (nSPS) is 41.7. The van der Waals surface area contributed by atoms with Crippen molar-refractivity contribution in [3.8, 4) is 0 Å². The van der Waals surface area contributed by atoms with E-state index in [2.05, 4.69) is 4.74 Å². The Morgan fingerprint density at radius 3 is 2.60 bits per heavy atom. The summed E-state index contributed by atoms with van der Waals surface area (Å²) < 4.78 is 16.6. The summed E-state index contributed by atoms with van der Waals surface area (Å²) in [5.41, 5.74) is 0. The van der Waals surface area contributed by atoms with Crippen LogP contribution in [0, 0.1) is 0 Å². The fraction of sp³-hybridized carbons (Fsp3) is 1.00. The standard InChI is InChI=1S/C6H11FO3/c7-3-5-4(8)1-2-6(9)10-5/h4-6,8-9H,1-3H2/t4-,5+,6-/m1/s1. The lowest BCUT2D eigenvalue weighted by Crippen LogP contribution is -2.40. The van der Waals surface area contributed by atoms with Crippen LogP contribution < -0.4 is 0 Å². The first-order valence-electron chi connectivity index (χ1n) is 3.31. The van der Waals surface area contributed by atoms with Crippen LogP contribution in [0.15, 0.2) is 0 Å². The van der Waals surface area contributed by atoms with Crippen LogP contribution in [0.5, 0.6) is 0 Å². The van der Waals surface area contributed by atoms with E-state index in [1.807, 2.05) is 0 Å². The van der Waals surface area contributed by atoms with Gasteiger partial charge in [0.1, 0.15) is 12.8 Å². The Hall–Kier alpha value is -0.190. The molecule has 4 heteroatoms. The first-order chi connectivity index (χ1) is 4.74. The molecule has 1 fully saturated rings. The predicted octanol–water partition coefficient (Wildman–Crippen LogP) is -0.186. The van der Waals surface area contributed by atoms with Crippen molar-refractivity contribution in [2.75, 3.05) is 6.67 Å². The molecule has 60 valence electrons. The zero-order valence-electron chi connectivity index (χ0n) is 5.53. The summed E-state index contributed by atoms with van der Waals surface area (Å²) in [6.45, 7) is -0.738. The number of ether oxygens (including phenoxy) is 1. The van der Waals surface area contributed by atoms with E-state index < -0.39 is 25.2 Å². The first-order valence-corrected chi connectivity index (χ1v) is 3.31. The van der Waals surface area contributed by atoms with Crippen LogP contribution >= 0.6 is 0 Å². The highest BCUT2D eigenvalue weighted by molar-refractivity contribution is 4.73. The number of hydrogen-bond donors (Lipinski definition) is 2. The first kappa shape index (κ1) is 7.91. The van der Waals surface area contributed by atoms with Crippen molar-refractivity contribution >= 4 is 0 Å². The van der Waals surface area contributed by atoms with E-state index in [4.69, 9.17) is 10.2 Å². The van der Waals surface area contributed by atoms with Crippen LogP contribution in [0.1, 0.15) is 12.8 Å². The predicted molar refractivity (Wildman–Crippen MR) is 32.1 cm³/mol. The average Bonchev–Trinajstić information content (AvgIpc) is 1.94. The number of rotatable bonds is 1. The van der Waals surface area contributed by atoms with Gasteiger partial charge < -0.3 is 14.9 Å². The van der Waals surface area contributed by atoms with Gasteiger partial charge in [0, 0.05) is 6.42 Å². The molecule has 0 aliphatic carbocycles. The molecule has 1 saturated heterocycles.